The number of rotatable bonds is 2. The van der Waals surface area contributed by atoms with E-state index in [1.165, 1.54) is 6.07 Å². The molecule has 1 aliphatic rings. The third kappa shape index (κ3) is 2.82. The molecule has 5 nitrogen and oxygen atoms in total. The van der Waals surface area contributed by atoms with Crippen molar-refractivity contribution in [2.45, 2.75) is 45.1 Å². The molecule has 1 aromatic rings. The lowest BCUT2D eigenvalue weighted by atomic mass is 9.78. The van der Waals surface area contributed by atoms with E-state index in [1.54, 1.807) is 27.7 Å². The lowest BCUT2D eigenvalue weighted by Crippen LogP contribution is -2.41. The van der Waals surface area contributed by atoms with Crippen LogP contribution in [0.5, 0.6) is 0 Å². The summed E-state index contributed by atoms with van der Waals surface area (Å²) in [5.41, 5.74) is -3.63. The van der Waals surface area contributed by atoms with Crippen molar-refractivity contribution in [1.29, 1.82) is 0 Å². The molecule has 1 aliphatic heterocycles. The van der Waals surface area contributed by atoms with E-state index in [1.807, 2.05) is 0 Å². The molecule has 0 N–H and O–H groups in total. The zero-order valence-corrected chi connectivity index (χ0v) is 12.5. The molecule has 22 heavy (non-hydrogen) atoms. The lowest BCUT2D eigenvalue weighted by Gasteiger charge is -2.32. The van der Waals surface area contributed by atoms with E-state index in [2.05, 4.69) is 0 Å². The monoisotopic (exact) mass is 317 g/mol. The van der Waals surface area contributed by atoms with Gasteiger partial charge in [-0.1, -0.05) is 6.07 Å². The maximum absolute atomic E-state index is 13.0. The number of alkyl halides is 3. The van der Waals surface area contributed by atoms with E-state index in [-0.39, 0.29) is 5.46 Å². The minimum absolute atomic E-state index is 0.0941. The summed E-state index contributed by atoms with van der Waals surface area (Å²) in [6.07, 6.45) is -4.83. The molecule has 0 bridgehead atoms. The standard InChI is InChI=1S/C13H15BF3NO4/c1-11(2)12(3,4)22-14(21-11)8-5-6-10(18(19)20)9(7-8)13(15,16)17/h5-7H,1-4H3. The number of benzene rings is 1. The smallest absolute Gasteiger partial charge is 0.399 e. The Morgan fingerprint density at radius 2 is 1.64 bits per heavy atom. The maximum atomic E-state index is 13.0. The molecule has 0 aliphatic carbocycles. The Morgan fingerprint density at radius 3 is 2.05 bits per heavy atom. The van der Waals surface area contributed by atoms with Crippen LogP contribution in [0.4, 0.5) is 18.9 Å². The highest BCUT2D eigenvalue weighted by Crippen LogP contribution is 2.38. The lowest BCUT2D eigenvalue weighted by molar-refractivity contribution is -0.388. The molecule has 0 saturated carbocycles. The molecule has 0 radical (unpaired) electrons. The van der Waals surface area contributed by atoms with Crippen molar-refractivity contribution in [1.82, 2.24) is 0 Å². The second kappa shape index (κ2) is 4.95. The van der Waals surface area contributed by atoms with Crippen LogP contribution in [-0.4, -0.2) is 23.2 Å². The van der Waals surface area contributed by atoms with Gasteiger partial charge in [0.25, 0.3) is 5.69 Å². The summed E-state index contributed by atoms with van der Waals surface area (Å²) in [4.78, 5) is 9.69. The highest BCUT2D eigenvalue weighted by atomic mass is 19.4. The molecule has 0 spiro atoms. The molecular formula is C13H15BF3NO4. The molecule has 0 amide bonds. The summed E-state index contributed by atoms with van der Waals surface area (Å²) in [7, 11) is -1.01. The Balaban J connectivity index is 2.45. The topological polar surface area (TPSA) is 61.6 Å². The van der Waals surface area contributed by atoms with Crippen molar-refractivity contribution in [3.8, 4) is 0 Å². The van der Waals surface area contributed by atoms with Crippen LogP contribution in [0, 0.1) is 10.1 Å². The summed E-state index contributed by atoms with van der Waals surface area (Å²) in [6.45, 7) is 7.07. The van der Waals surface area contributed by atoms with Gasteiger partial charge in [-0.15, -0.1) is 0 Å². The Morgan fingerprint density at radius 1 is 1.14 bits per heavy atom. The van der Waals surface area contributed by atoms with Gasteiger partial charge in [0.2, 0.25) is 0 Å². The van der Waals surface area contributed by atoms with E-state index in [0.29, 0.717) is 6.07 Å². The molecule has 9 heteroatoms. The van der Waals surface area contributed by atoms with Gasteiger partial charge in [0, 0.05) is 6.07 Å². The summed E-state index contributed by atoms with van der Waals surface area (Å²) < 4.78 is 50.3. The zero-order valence-electron chi connectivity index (χ0n) is 12.5. The molecule has 1 saturated heterocycles. The van der Waals surface area contributed by atoms with E-state index in [9.17, 15) is 23.3 Å². The molecular weight excluding hydrogens is 302 g/mol. The number of nitro groups is 1. The van der Waals surface area contributed by atoms with Crippen LogP contribution in [0.15, 0.2) is 18.2 Å². The van der Waals surface area contributed by atoms with Crippen molar-refractivity contribution in [2.24, 2.45) is 0 Å². The number of hydrogen-bond donors (Lipinski definition) is 0. The first kappa shape index (κ1) is 16.8. The number of nitro benzene ring substituents is 1. The van der Waals surface area contributed by atoms with E-state index in [0.717, 1.165) is 6.07 Å². The van der Waals surface area contributed by atoms with Gasteiger partial charge in [-0.05, 0) is 39.2 Å². The predicted octanol–water partition coefficient (Wildman–Crippen LogP) is 2.91. The average molecular weight is 317 g/mol. The van der Waals surface area contributed by atoms with Crippen LogP contribution in [-0.2, 0) is 15.5 Å². The molecule has 0 aromatic heterocycles. The number of hydrogen-bond acceptors (Lipinski definition) is 4. The number of halogens is 3. The Labute approximate surface area is 125 Å². The molecule has 1 heterocycles. The fourth-order valence-corrected chi connectivity index (χ4v) is 2.07. The van der Waals surface area contributed by atoms with Gasteiger partial charge < -0.3 is 9.31 Å². The summed E-state index contributed by atoms with van der Waals surface area (Å²) in [6, 6.07) is 2.75. The van der Waals surface area contributed by atoms with Crippen LogP contribution in [0.3, 0.4) is 0 Å². The van der Waals surface area contributed by atoms with Gasteiger partial charge in [-0.3, -0.25) is 10.1 Å². The molecule has 1 fully saturated rings. The van der Waals surface area contributed by atoms with E-state index in [4.69, 9.17) is 9.31 Å². The predicted molar refractivity (Wildman–Crippen MR) is 73.8 cm³/mol. The van der Waals surface area contributed by atoms with Crippen molar-refractivity contribution in [3.05, 3.63) is 33.9 Å². The van der Waals surface area contributed by atoms with Gasteiger partial charge in [-0.2, -0.15) is 13.2 Å². The fraction of sp³-hybridized carbons (Fsp3) is 0.538. The first-order chi connectivity index (χ1) is 9.85. The molecule has 1 aromatic carbocycles. The molecule has 0 unspecified atom stereocenters. The fourth-order valence-electron chi connectivity index (χ4n) is 2.07. The van der Waals surface area contributed by atoms with Gasteiger partial charge in [0.1, 0.15) is 5.56 Å². The van der Waals surface area contributed by atoms with Crippen LogP contribution >= 0.6 is 0 Å². The van der Waals surface area contributed by atoms with Crippen LogP contribution in [0.1, 0.15) is 33.3 Å². The second-order valence-corrected chi connectivity index (χ2v) is 6.12. The zero-order chi connectivity index (χ0) is 16.9. The average Bonchev–Trinajstić information content (AvgIpc) is 2.56. The van der Waals surface area contributed by atoms with E-state index >= 15 is 0 Å². The van der Waals surface area contributed by atoms with Crippen molar-refractivity contribution < 1.29 is 27.4 Å². The van der Waals surface area contributed by atoms with Crippen molar-refractivity contribution in [2.75, 3.05) is 0 Å². The van der Waals surface area contributed by atoms with Crippen molar-refractivity contribution >= 4 is 18.3 Å². The summed E-state index contributed by atoms with van der Waals surface area (Å²) in [5.74, 6) is 0. The van der Waals surface area contributed by atoms with Gasteiger partial charge in [-0.25, -0.2) is 0 Å². The quantitative estimate of drug-likeness (QED) is 0.478. The van der Waals surface area contributed by atoms with E-state index < -0.39 is 40.7 Å². The largest absolute Gasteiger partial charge is 0.494 e. The normalized spacial score (nSPS) is 20.2. The van der Waals surface area contributed by atoms with Gasteiger partial charge >= 0.3 is 13.3 Å². The van der Waals surface area contributed by atoms with Crippen LogP contribution in [0.25, 0.3) is 0 Å². The SMILES string of the molecule is CC1(C)OB(c2ccc([N+](=O)[O-])c(C(F)(F)F)c2)OC1(C)C. The molecule has 0 atom stereocenters. The van der Waals surface area contributed by atoms with Crippen LogP contribution < -0.4 is 5.46 Å². The highest BCUT2D eigenvalue weighted by Gasteiger charge is 2.52. The second-order valence-electron chi connectivity index (χ2n) is 6.12. The van der Waals surface area contributed by atoms with Crippen molar-refractivity contribution in [3.63, 3.8) is 0 Å². The third-order valence-corrected chi connectivity index (χ3v) is 4.05. The summed E-state index contributed by atoms with van der Waals surface area (Å²) >= 11 is 0. The minimum Gasteiger partial charge on any atom is -0.399 e. The third-order valence-electron chi connectivity index (χ3n) is 4.05. The maximum Gasteiger partial charge on any atom is 0.494 e. The molecule has 2 rings (SSSR count). The minimum atomic E-state index is -4.83. The Bertz CT molecular complexity index is 600. The first-order valence-corrected chi connectivity index (χ1v) is 6.56. The highest BCUT2D eigenvalue weighted by molar-refractivity contribution is 6.62. The summed E-state index contributed by atoms with van der Waals surface area (Å²) in [5, 5.41) is 10.8. The van der Waals surface area contributed by atoms with Gasteiger partial charge in [0.15, 0.2) is 0 Å². The van der Waals surface area contributed by atoms with Gasteiger partial charge in [0.05, 0.1) is 16.1 Å². The number of nitrogens with zero attached hydrogens (tertiary/aromatic N) is 1. The molecule has 120 valence electrons. The first-order valence-electron chi connectivity index (χ1n) is 6.56. The Kier molecular flexibility index (Phi) is 3.77. The van der Waals surface area contributed by atoms with Crippen LogP contribution in [0.2, 0.25) is 0 Å². The Hall–Kier alpha value is -1.61.